The summed E-state index contributed by atoms with van der Waals surface area (Å²) in [5.74, 6) is -2.51. The van der Waals surface area contributed by atoms with Gasteiger partial charge in [0.25, 0.3) is 0 Å². The first-order valence-electron chi connectivity index (χ1n) is 16.5. The van der Waals surface area contributed by atoms with Crippen molar-refractivity contribution in [2.75, 3.05) is 6.61 Å². The van der Waals surface area contributed by atoms with Gasteiger partial charge < -0.3 is 28.6 Å². The van der Waals surface area contributed by atoms with Crippen LogP contribution in [0.15, 0.2) is 103 Å². The number of benzene rings is 3. The van der Waals surface area contributed by atoms with E-state index < -0.39 is 69.9 Å². The van der Waals surface area contributed by atoms with Crippen molar-refractivity contribution in [3.05, 3.63) is 120 Å². The Morgan fingerprint density at radius 3 is 1.74 bits per heavy atom. The molecule has 2 aliphatic heterocycles. The Morgan fingerprint density at radius 2 is 1.28 bits per heavy atom. The van der Waals surface area contributed by atoms with Crippen molar-refractivity contribution in [3.8, 4) is 0 Å². The molecule has 2 N–H and O–H groups in total. The molecule has 266 valence electrons. The predicted molar refractivity (Wildman–Crippen MR) is 192 cm³/mol. The van der Waals surface area contributed by atoms with Crippen LogP contribution < -0.4 is 4.72 Å². The molecule has 1 saturated heterocycles. The van der Waals surface area contributed by atoms with Gasteiger partial charge in [0, 0.05) is 16.6 Å². The van der Waals surface area contributed by atoms with E-state index >= 15 is 0 Å². The molecule has 2 aliphatic rings. The molecule has 1 fully saturated rings. The van der Waals surface area contributed by atoms with Crippen LogP contribution >= 0.6 is 11.8 Å². The minimum atomic E-state index is -1.60. The Morgan fingerprint density at radius 1 is 0.820 bits per heavy atom. The summed E-state index contributed by atoms with van der Waals surface area (Å²) in [5.41, 5.74) is -0.280. The number of nitrogens with one attached hydrogen (secondary N) is 1. The lowest BCUT2D eigenvalue weighted by Crippen LogP contribution is -2.67. The molecular weight excluding hydrogens is 679 g/mol. The zero-order valence-corrected chi connectivity index (χ0v) is 30.0. The standard InChI is InChI=1S/C38H43NO9S2/c1-24-15-14-22-28(23-40)49-37-33(47-36(43)27-20-12-7-13-21-27)32(46-35(42)26-18-10-6-11-19-26)31(45-34(41)25-16-8-5-9-17-25)30(48-37)29(24)39-50(44)38(2,3)4/h5-21,24,28-33,37,39-40H,22-23H2,1-4H3/b15-14-/t24-,28+,29-,30?,31?,32?,33?,37?,50-/m1/s1. The maximum Gasteiger partial charge on any atom is 0.338 e. The number of ether oxygens (including phenoxy) is 4. The number of allylic oxidation sites excluding steroid dienone is 1. The molecule has 50 heavy (non-hydrogen) atoms. The van der Waals surface area contributed by atoms with Crippen LogP contribution in [0.25, 0.3) is 0 Å². The predicted octanol–water partition coefficient (Wildman–Crippen LogP) is 5.50. The van der Waals surface area contributed by atoms with E-state index in [1.165, 1.54) is 11.8 Å². The van der Waals surface area contributed by atoms with Crippen molar-refractivity contribution in [2.24, 2.45) is 5.92 Å². The zero-order chi connectivity index (χ0) is 35.8. The molecule has 0 radical (unpaired) electrons. The number of carbonyl (C=O) groups excluding carboxylic acids is 3. The van der Waals surface area contributed by atoms with E-state index in [1.807, 2.05) is 39.8 Å². The summed E-state index contributed by atoms with van der Waals surface area (Å²) >= 11 is -0.375. The third-order valence-corrected chi connectivity index (χ3v) is 11.3. The van der Waals surface area contributed by atoms with E-state index in [9.17, 15) is 24.0 Å². The third-order valence-electron chi connectivity index (χ3n) is 8.38. The van der Waals surface area contributed by atoms with Gasteiger partial charge in [0.2, 0.25) is 0 Å². The minimum Gasteiger partial charge on any atom is -0.598 e. The summed E-state index contributed by atoms with van der Waals surface area (Å²) in [7, 11) is 0. The quantitative estimate of drug-likeness (QED) is 0.125. The lowest BCUT2D eigenvalue weighted by atomic mass is 9.87. The molecule has 10 nitrogen and oxygen atoms in total. The van der Waals surface area contributed by atoms with Crippen molar-refractivity contribution >= 4 is 41.0 Å². The molecular formula is C38H43NO9S2. The van der Waals surface area contributed by atoms with Crippen LogP contribution in [0.3, 0.4) is 0 Å². The van der Waals surface area contributed by atoms with Gasteiger partial charge >= 0.3 is 17.9 Å². The number of hydrogen-bond donors (Lipinski definition) is 2. The van der Waals surface area contributed by atoms with Crippen LogP contribution in [0.2, 0.25) is 0 Å². The molecule has 0 saturated carbocycles. The largest absolute Gasteiger partial charge is 0.598 e. The number of aliphatic hydroxyl groups excluding tert-OH is 1. The maximum atomic E-state index is 13.8. The summed E-state index contributed by atoms with van der Waals surface area (Å²) in [6, 6.07) is 24.3. The summed E-state index contributed by atoms with van der Waals surface area (Å²) in [5, 5.41) is 9.99. The summed E-state index contributed by atoms with van der Waals surface area (Å²) in [6.45, 7) is 7.19. The highest BCUT2D eigenvalue weighted by Gasteiger charge is 2.56. The Hall–Kier alpha value is -3.65. The first-order chi connectivity index (χ1) is 24.0. The highest BCUT2D eigenvalue weighted by atomic mass is 32.2. The Labute approximate surface area is 300 Å². The van der Waals surface area contributed by atoms with E-state index in [1.54, 1.807) is 91.0 Å². The van der Waals surface area contributed by atoms with Gasteiger partial charge in [-0.1, -0.05) is 73.7 Å². The van der Waals surface area contributed by atoms with Crippen LogP contribution in [-0.4, -0.2) is 80.1 Å². The fourth-order valence-electron chi connectivity index (χ4n) is 5.63. The van der Waals surface area contributed by atoms with Gasteiger partial charge in [-0.3, -0.25) is 0 Å². The molecule has 0 spiro atoms. The maximum absolute atomic E-state index is 13.8. The van der Waals surface area contributed by atoms with Gasteiger partial charge in [-0.25, -0.2) is 14.4 Å². The molecule has 2 heterocycles. The number of esters is 3. The lowest BCUT2D eigenvalue weighted by Gasteiger charge is -2.48. The highest BCUT2D eigenvalue weighted by Crippen LogP contribution is 2.40. The van der Waals surface area contributed by atoms with Gasteiger partial charge in [-0.15, -0.1) is 16.5 Å². The van der Waals surface area contributed by atoms with E-state index in [2.05, 4.69) is 4.72 Å². The Bertz CT molecular complexity index is 1600. The van der Waals surface area contributed by atoms with Gasteiger partial charge in [0.05, 0.1) is 29.3 Å². The Balaban J connectivity index is 1.66. The van der Waals surface area contributed by atoms with E-state index in [0.29, 0.717) is 6.42 Å². The van der Waals surface area contributed by atoms with Crippen LogP contribution in [0.4, 0.5) is 0 Å². The van der Waals surface area contributed by atoms with E-state index in [-0.39, 0.29) is 34.5 Å². The second kappa shape index (κ2) is 17.0. The SMILES string of the molecule is C[C@@H]1/C=C\C[C@@H](CO)SC2OC(C(OC(=O)c3ccccc3)C(OC(=O)c3ccccc3)C2OC(=O)c2ccccc2)[C@@H]1N[S@+]([O-])C(C)(C)C. The first kappa shape index (κ1) is 37.6. The number of aliphatic hydroxyl groups is 1. The Kier molecular flexibility index (Phi) is 12.8. The number of rotatable bonds is 9. The van der Waals surface area contributed by atoms with Crippen LogP contribution in [0, 0.1) is 5.92 Å². The molecule has 5 rings (SSSR count). The average molecular weight is 722 g/mol. The molecule has 3 aromatic rings. The van der Waals surface area contributed by atoms with Gasteiger partial charge in [-0.2, -0.15) is 0 Å². The first-order valence-corrected chi connectivity index (χ1v) is 18.6. The molecule has 0 aliphatic carbocycles. The summed E-state index contributed by atoms with van der Waals surface area (Å²) in [6.07, 6.45) is -0.773. The molecule has 2 bridgehead atoms. The van der Waals surface area contributed by atoms with Crippen molar-refractivity contribution in [1.29, 1.82) is 0 Å². The van der Waals surface area contributed by atoms with Crippen molar-refractivity contribution in [3.63, 3.8) is 0 Å². The van der Waals surface area contributed by atoms with Gasteiger partial charge in [-0.05, 0) is 69.5 Å². The highest BCUT2D eigenvalue weighted by molar-refractivity contribution is 8.00. The third kappa shape index (κ3) is 9.36. The smallest absolute Gasteiger partial charge is 0.338 e. The number of fused-ring (bicyclic) bond motifs is 2. The normalized spacial score (nSPS) is 28.0. The number of thioether (sulfide) groups is 1. The molecule has 9 atom stereocenters. The van der Waals surface area contributed by atoms with Gasteiger partial charge in [0.1, 0.15) is 16.3 Å². The minimum absolute atomic E-state index is 0.218. The summed E-state index contributed by atoms with van der Waals surface area (Å²) < 4.78 is 41.6. The second-order valence-electron chi connectivity index (χ2n) is 13.2. The fourth-order valence-corrected chi connectivity index (χ4v) is 7.82. The average Bonchev–Trinajstić information content (AvgIpc) is 3.12. The molecule has 5 unspecified atom stereocenters. The van der Waals surface area contributed by atoms with Gasteiger partial charge in [0.15, 0.2) is 18.3 Å². The second-order valence-corrected chi connectivity index (χ2v) is 16.6. The van der Waals surface area contributed by atoms with Crippen LogP contribution in [-0.2, 0) is 30.3 Å². The van der Waals surface area contributed by atoms with Crippen LogP contribution in [0.5, 0.6) is 0 Å². The molecule has 3 aromatic carbocycles. The van der Waals surface area contributed by atoms with Crippen LogP contribution in [0.1, 0.15) is 65.2 Å². The summed E-state index contributed by atoms with van der Waals surface area (Å²) in [4.78, 5) is 41.3. The van der Waals surface area contributed by atoms with Crippen molar-refractivity contribution < 1.29 is 43.0 Å². The molecule has 0 amide bonds. The van der Waals surface area contributed by atoms with Crippen molar-refractivity contribution in [1.82, 2.24) is 4.72 Å². The fraction of sp³-hybridized carbons (Fsp3) is 0.395. The molecule has 12 heteroatoms. The van der Waals surface area contributed by atoms with E-state index in [4.69, 9.17) is 18.9 Å². The zero-order valence-electron chi connectivity index (χ0n) is 28.4. The number of carbonyl (C=O) groups is 3. The number of hydrogen-bond acceptors (Lipinski definition) is 11. The topological polar surface area (TPSA) is 143 Å². The molecule has 0 aromatic heterocycles. The lowest BCUT2D eigenvalue weighted by molar-refractivity contribution is -0.207. The van der Waals surface area contributed by atoms with E-state index in [0.717, 1.165) is 0 Å². The monoisotopic (exact) mass is 721 g/mol. The van der Waals surface area contributed by atoms with Crippen molar-refractivity contribution in [2.45, 2.75) is 80.0 Å².